The molecule has 186 valence electrons. The van der Waals surface area contributed by atoms with Crippen LogP contribution in [0, 0.1) is 5.92 Å². The van der Waals surface area contributed by atoms with Crippen molar-refractivity contribution in [2.75, 3.05) is 0 Å². The second kappa shape index (κ2) is 9.20. The summed E-state index contributed by atoms with van der Waals surface area (Å²) in [6.45, 7) is 17.5. The predicted molar refractivity (Wildman–Crippen MR) is 122 cm³/mol. The molecule has 1 unspecified atom stereocenters. The van der Waals surface area contributed by atoms with Crippen LogP contribution in [0.15, 0.2) is 0 Å². The first-order valence-electron chi connectivity index (χ1n) is 11.8. The molecule has 0 radical (unpaired) electrons. The molecule has 0 aromatic rings. The first kappa shape index (κ1) is 27.0. The Balaban J connectivity index is 1.96. The zero-order valence-electron chi connectivity index (χ0n) is 21.4. The molecule has 2 rings (SSSR count). The lowest BCUT2D eigenvalue weighted by Crippen LogP contribution is -2.61. The molecule has 32 heavy (non-hydrogen) atoms. The van der Waals surface area contributed by atoms with Crippen LogP contribution in [0.3, 0.4) is 0 Å². The van der Waals surface area contributed by atoms with E-state index >= 15 is 0 Å². The van der Waals surface area contributed by atoms with Crippen LogP contribution >= 0.6 is 0 Å². The maximum Gasteiger partial charge on any atom is 0.309 e. The highest BCUT2D eigenvalue weighted by Gasteiger charge is 2.50. The highest BCUT2D eigenvalue weighted by atomic mass is 16.6. The van der Waals surface area contributed by atoms with E-state index in [2.05, 4.69) is 0 Å². The van der Waals surface area contributed by atoms with E-state index in [1.54, 1.807) is 5.06 Å². The van der Waals surface area contributed by atoms with Gasteiger partial charge in [0.2, 0.25) is 0 Å². The summed E-state index contributed by atoms with van der Waals surface area (Å²) in [5.74, 6) is -1.33. The highest BCUT2D eigenvalue weighted by molar-refractivity contribution is 5.80. The molecule has 0 aromatic carbocycles. The molecule has 3 N–H and O–H groups in total. The summed E-state index contributed by atoms with van der Waals surface area (Å²) in [6, 6.07) is 0. The van der Waals surface area contributed by atoms with Gasteiger partial charge in [-0.25, -0.2) is 0 Å². The number of ether oxygens (including phenoxy) is 2. The van der Waals surface area contributed by atoms with Crippen molar-refractivity contribution in [3.8, 4) is 0 Å². The van der Waals surface area contributed by atoms with Crippen molar-refractivity contribution in [1.29, 1.82) is 0 Å². The molecule has 2 aliphatic heterocycles. The number of carbonyl (C=O) groups excluding carboxylic acids is 2. The second-order valence-electron chi connectivity index (χ2n) is 12.2. The smallest absolute Gasteiger partial charge is 0.309 e. The van der Waals surface area contributed by atoms with Crippen LogP contribution in [0.1, 0.15) is 101 Å². The van der Waals surface area contributed by atoms with E-state index in [1.807, 2.05) is 62.3 Å². The molecule has 8 nitrogen and oxygen atoms in total. The Kier molecular flexibility index (Phi) is 7.77. The second-order valence-corrected chi connectivity index (χ2v) is 12.2. The van der Waals surface area contributed by atoms with Crippen molar-refractivity contribution >= 4 is 11.9 Å². The molecule has 2 heterocycles. The van der Waals surface area contributed by atoms with Crippen molar-refractivity contribution in [3.63, 3.8) is 0 Å². The number of piperidine rings is 2. The van der Waals surface area contributed by atoms with Crippen LogP contribution in [0.4, 0.5) is 0 Å². The average Bonchev–Trinajstić information content (AvgIpc) is 2.61. The summed E-state index contributed by atoms with van der Waals surface area (Å²) in [4.78, 5) is 25.6. The van der Waals surface area contributed by atoms with E-state index in [-0.39, 0.29) is 24.6 Å². The van der Waals surface area contributed by atoms with Gasteiger partial charge < -0.3 is 19.9 Å². The summed E-state index contributed by atoms with van der Waals surface area (Å²) in [7, 11) is 0. The lowest BCUT2D eigenvalue weighted by atomic mass is 9.80. The summed E-state index contributed by atoms with van der Waals surface area (Å²) >= 11 is 0. The molecule has 0 saturated carbocycles. The Bertz CT molecular complexity index is 667. The van der Waals surface area contributed by atoms with Gasteiger partial charge in [-0.15, -0.1) is 0 Å². The molecule has 1 atom stereocenters. The lowest BCUT2D eigenvalue weighted by Gasteiger charge is -2.50. The van der Waals surface area contributed by atoms with Gasteiger partial charge in [0.05, 0.1) is 23.4 Å². The van der Waals surface area contributed by atoms with Gasteiger partial charge in [-0.1, -0.05) is 12.0 Å². The van der Waals surface area contributed by atoms with Gasteiger partial charge in [0.25, 0.3) is 0 Å². The molecule has 0 amide bonds. The zero-order chi connectivity index (χ0) is 24.7. The van der Waals surface area contributed by atoms with Crippen molar-refractivity contribution in [1.82, 2.24) is 10.1 Å². The minimum Gasteiger partial charge on any atom is -0.462 e. The largest absolute Gasteiger partial charge is 0.462 e. The van der Waals surface area contributed by atoms with Crippen LogP contribution in [0.25, 0.3) is 0 Å². The normalized spacial score (nSPS) is 27.0. The Morgan fingerprint density at radius 2 is 1.28 bits per heavy atom. The first-order valence-corrected chi connectivity index (χ1v) is 11.8. The summed E-state index contributed by atoms with van der Waals surface area (Å²) in [5, 5.41) is 21.7. The molecule has 2 saturated heterocycles. The van der Waals surface area contributed by atoms with Gasteiger partial charge in [0.1, 0.15) is 12.2 Å². The van der Waals surface area contributed by atoms with Crippen LogP contribution in [-0.2, 0) is 19.1 Å². The van der Waals surface area contributed by atoms with Gasteiger partial charge >= 0.3 is 11.9 Å². The molecule has 0 aliphatic carbocycles. The number of carbonyl (C=O) groups is 2. The summed E-state index contributed by atoms with van der Waals surface area (Å²) in [6.07, 6.45) is 2.09. The van der Waals surface area contributed by atoms with Crippen LogP contribution in [0.5, 0.6) is 0 Å². The van der Waals surface area contributed by atoms with Gasteiger partial charge in [-0.2, -0.15) is 5.06 Å². The third kappa shape index (κ3) is 6.01. The molecule has 0 bridgehead atoms. The van der Waals surface area contributed by atoms with E-state index in [9.17, 15) is 14.8 Å². The predicted octanol–water partition coefficient (Wildman–Crippen LogP) is 3.56. The van der Waals surface area contributed by atoms with Crippen molar-refractivity contribution in [3.05, 3.63) is 0 Å². The number of hydrogen-bond acceptors (Lipinski definition) is 7. The third-order valence-corrected chi connectivity index (χ3v) is 7.09. The molecule has 2 fully saturated rings. The maximum absolute atomic E-state index is 12.9. The Morgan fingerprint density at radius 1 is 0.875 bits per heavy atom. The third-order valence-electron chi connectivity index (χ3n) is 7.09. The van der Waals surface area contributed by atoms with E-state index in [1.165, 1.54) is 5.06 Å². The van der Waals surface area contributed by atoms with Crippen molar-refractivity contribution in [2.45, 2.75) is 135 Å². The van der Waals surface area contributed by atoms with Crippen molar-refractivity contribution < 1.29 is 29.5 Å². The molecular formula is C24H45N2O6+. The first-order chi connectivity index (χ1) is 14.4. The van der Waals surface area contributed by atoms with E-state index in [0.717, 1.165) is 0 Å². The Labute approximate surface area is 193 Å². The number of nitrogens with zero attached hydrogens (tertiary/aromatic N) is 2. The minimum absolute atomic E-state index is 0.0143. The van der Waals surface area contributed by atoms with E-state index < -0.39 is 34.0 Å². The number of esters is 2. The fraction of sp³-hybridized carbons (Fsp3) is 0.917. The maximum atomic E-state index is 12.9. The minimum atomic E-state index is -0.554. The molecule has 2 aliphatic rings. The molecule has 8 heteroatoms. The summed E-state index contributed by atoms with van der Waals surface area (Å²) < 4.78 is 11.6. The van der Waals surface area contributed by atoms with Crippen LogP contribution in [0.2, 0.25) is 0 Å². The van der Waals surface area contributed by atoms with Gasteiger partial charge in [0, 0.05) is 36.8 Å². The quantitative estimate of drug-likeness (QED) is 0.480. The van der Waals surface area contributed by atoms with Gasteiger partial charge in [0.15, 0.2) is 0 Å². The molecular weight excluding hydrogens is 412 g/mol. The monoisotopic (exact) mass is 457 g/mol. The average molecular weight is 458 g/mol. The van der Waals surface area contributed by atoms with Crippen LogP contribution in [-0.4, -0.2) is 66.8 Å². The number of rotatable bonds is 6. The Morgan fingerprint density at radius 3 is 1.72 bits per heavy atom. The van der Waals surface area contributed by atoms with E-state index in [0.29, 0.717) is 32.1 Å². The standard InChI is InChI=1S/C24H44N2O6/c1-10-16(20(28)32-18-14-23(6,7)26(30)24(8,9)15-18)11-19(27)31-17-12-21(2,3)25(29)22(4,5)13-17/h16-18,29-30H,10-15H2,1-9H3/p+1. The lowest BCUT2D eigenvalue weighted by molar-refractivity contribution is -0.260. The fourth-order valence-corrected chi connectivity index (χ4v) is 5.62. The highest BCUT2D eigenvalue weighted by Crippen LogP contribution is 2.39. The zero-order valence-corrected chi connectivity index (χ0v) is 21.4. The SMILES string of the molecule is CCC(CC(=O)OC1CC(C)(C)N(O)C(C)(C)C1)C(=O)OC1CC(C)(C)N([OH2+])C(C)(C)C1. The van der Waals surface area contributed by atoms with Gasteiger partial charge in [-0.05, 0) is 61.8 Å². The number of hydroxylamine groups is 4. The Hall–Kier alpha value is -1.22. The molecule has 0 spiro atoms. The number of hydrogen-bond donors (Lipinski definition) is 1. The molecule has 0 aromatic heterocycles. The van der Waals surface area contributed by atoms with Crippen LogP contribution < -0.4 is 0 Å². The van der Waals surface area contributed by atoms with E-state index in [4.69, 9.17) is 14.7 Å². The van der Waals surface area contributed by atoms with Crippen molar-refractivity contribution in [2.24, 2.45) is 5.92 Å². The topological polar surface area (TPSA) is 102 Å². The summed E-state index contributed by atoms with van der Waals surface area (Å²) in [5.41, 5.74) is -1.84. The van der Waals surface area contributed by atoms with Gasteiger partial charge in [-0.3, -0.25) is 9.59 Å². The fourth-order valence-electron chi connectivity index (χ4n) is 5.62.